The lowest BCUT2D eigenvalue weighted by molar-refractivity contribution is 0.180. The van der Waals surface area contributed by atoms with Crippen LogP contribution in [0.2, 0.25) is 0 Å². The molecule has 0 bridgehead atoms. The third-order valence-electron chi connectivity index (χ3n) is 4.73. The number of H-pyrrole nitrogens is 1. The number of anilines is 2. The molecule has 2 heterocycles. The van der Waals surface area contributed by atoms with Gasteiger partial charge >= 0.3 is 0 Å². The minimum Gasteiger partial charge on any atom is -0.495 e. The summed E-state index contributed by atoms with van der Waals surface area (Å²) in [6.45, 7) is 5.52. The average Bonchev–Trinajstić information content (AvgIpc) is 2.68. The van der Waals surface area contributed by atoms with E-state index in [2.05, 4.69) is 25.8 Å². The predicted molar refractivity (Wildman–Crippen MR) is 102 cm³/mol. The Labute approximate surface area is 153 Å². The first-order valence-electron chi connectivity index (χ1n) is 8.91. The summed E-state index contributed by atoms with van der Waals surface area (Å²) in [4.78, 5) is 24.4. The van der Waals surface area contributed by atoms with Crippen molar-refractivity contribution in [2.24, 2.45) is 0 Å². The van der Waals surface area contributed by atoms with Crippen molar-refractivity contribution in [3.8, 4) is 5.75 Å². The van der Waals surface area contributed by atoms with Gasteiger partial charge in [0.1, 0.15) is 5.75 Å². The first-order valence-corrected chi connectivity index (χ1v) is 8.91. The van der Waals surface area contributed by atoms with Gasteiger partial charge in [0.2, 0.25) is 5.95 Å². The summed E-state index contributed by atoms with van der Waals surface area (Å²) >= 11 is 0. The molecule has 0 amide bonds. The fourth-order valence-electron chi connectivity index (χ4n) is 3.35. The molecule has 0 saturated carbocycles. The Hall–Kier alpha value is -2.54. The number of nitrogens with zero attached hydrogens (tertiary/aromatic N) is 3. The van der Waals surface area contributed by atoms with E-state index in [1.54, 1.807) is 14.2 Å². The summed E-state index contributed by atoms with van der Waals surface area (Å²) in [6, 6.07) is 8.03. The molecule has 1 saturated heterocycles. The van der Waals surface area contributed by atoms with Gasteiger partial charge in [-0.3, -0.25) is 9.78 Å². The maximum Gasteiger partial charge on any atom is 0.255 e. The van der Waals surface area contributed by atoms with Crippen molar-refractivity contribution in [2.45, 2.75) is 20.0 Å². The highest BCUT2D eigenvalue weighted by molar-refractivity contribution is 5.59. The Morgan fingerprint density at radius 3 is 2.46 bits per heavy atom. The van der Waals surface area contributed by atoms with E-state index in [1.807, 2.05) is 25.1 Å². The van der Waals surface area contributed by atoms with Crippen LogP contribution in [0.1, 0.15) is 18.2 Å². The number of benzene rings is 1. The number of nitrogens with one attached hydrogen (secondary N) is 1. The lowest BCUT2D eigenvalue weighted by atomic mass is 10.2. The lowest BCUT2D eigenvalue weighted by Gasteiger charge is -2.37. The smallest absolute Gasteiger partial charge is 0.255 e. The molecule has 1 aliphatic heterocycles. The molecule has 1 fully saturated rings. The monoisotopic (exact) mass is 358 g/mol. The Kier molecular flexibility index (Phi) is 5.78. The highest BCUT2D eigenvalue weighted by Crippen LogP contribution is 2.28. The van der Waals surface area contributed by atoms with Crippen molar-refractivity contribution in [2.75, 3.05) is 50.2 Å². The normalized spacial score (nSPS) is 14.6. The number of hydrogen-bond acceptors (Lipinski definition) is 6. The van der Waals surface area contributed by atoms with Gasteiger partial charge in [-0.2, -0.15) is 0 Å². The van der Waals surface area contributed by atoms with Crippen LogP contribution in [-0.2, 0) is 17.8 Å². The van der Waals surface area contributed by atoms with Crippen LogP contribution in [0.25, 0.3) is 0 Å². The van der Waals surface area contributed by atoms with E-state index in [0.29, 0.717) is 24.5 Å². The van der Waals surface area contributed by atoms with Crippen molar-refractivity contribution in [1.82, 2.24) is 9.97 Å². The third-order valence-corrected chi connectivity index (χ3v) is 4.73. The molecule has 7 heteroatoms. The zero-order valence-electron chi connectivity index (χ0n) is 15.6. The second-order valence-electron chi connectivity index (χ2n) is 6.25. The fraction of sp³-hybridized carbons (Fsp3) is 0.474. The molecule has 3 rings (SSSR count). The maximum atomic E-state index is 12.4. The van der Waals surface area contributed by atoms with Gasteiger partial charge in [-0.05, 0) is 18.6 Å². The molecule has 2 aromatic rings. The largest absolute Gasteiger partial charge is 0.495 e. The third kappa shape index (κ3) is 3.67. The highest BCUT2D eigenvalue weighted by Gasteiger charge is 2.22. The average molecular weight is 358 g/mol. The highest BCUT2D eigenvalue weighted by atomic mass is 16.5. The molecule has 1 aromatic heterocycles. The standard InChI is InChI=1S/C19H26N4O3/c1-4-14-15(13-25-2)20-19(21-18(14)24)23-11-9-22(10-12-23)16-7-5-6-8-17(16)26-3/h5-8H,4,9-13H2,1-3H3,(H,20,21,24). The van der Waals surface area contributed by atoms with E-state index in [4.69, 9.17) is 9.47 Å². The van der Waals surface area contributed by atoms with E-state index in [1.165, 1.54) is 0 Å². The van der Waals surface area contributed by atoms with Gasteiger partial charge in [0.05, 0.1) is 25.1 Å². The summed E-state index contributed by atoms with van der Waals surface area (Å²) in [7, 11) is 3.31. The van der Waals surface area contributed by atoms with E-state index in [-0.39, 0.29) is 5.56 Å². The van der Waals surface area contributed by atoms with Crippen LogP contribution in [0.4, 0.5) is 11.6 Å². The van der Waals surface area contributed by atoms with Crippen LogP contribution in [-0.4, -0.2) is 50.4 Å². The Bertz CT molecular complexity index is 798. The fourth-order valence-corrected chi connectivity index (χ4v) is 3.35. The van der Waals surface area contributed by atoms with Crippen LogP contribution < -0.4 is 20.1 Å². The lowest BCUT2D eigenvalue weighted by Crippen LogP contribution is -2.47. The second kappa shape index (κ2) is 8.23. The minimum absolute atomic E-state index is 0.0725. The van der Waals surface area contributed by atoms with Crippen LogP contribution in [0.5, 0.6) is 5.75 Å². The molecular formula is C19H26N4O3. The number of aromatic amines is 1. The van der Waals surface area contributed by atoms with Crippen molar-refractivity contribution < 1.29 is 9.47 Å². The molecule has 0 aliphatic carbocycles. The van der Waals surface area contributed by atoms with Crippen LogP contribution in [0, 0.1) is 0 Å². The quantitative estimate of drug-likeness (QED) is 0.849. The van der Waals surface area contributed by atoms with Crippen molar-refractivity contribution in [1.29, 1.82) is 0 Å². The first-order chi connectivity index (χ1) is 12.7. The van der Waals surface area contributed by atoms with Crippen LogP contribution in [0.3, 0.4) is 0 Å². The summed E-state index contributed by atoms with van der Waals surface area (Å²) in [5.74, 6) is 1.50. The van der Waals surface area contributed by atoms with E-state index in [9.17, 15) is 4.79 Å². The zero-order valence-corrected chi connectivity index (χ0v) is 15.6. The van der Waals surface area contributed by atoms with E-state index in [0.717, 1.165) is 43.3 Å². The number of piperazine rings is 1. The number of hydrogen-bond donors (Lipinski definition) is 1. The van der Waals surface area contributed by atoms with Crippen molar-refractivity contribution in [3.05, 3.63) is 45.9 Å². The summed E-state index contributed by atoms with van der Waals surface area (Å²) in [5.41, 5.74) is 2.44. The number of aromatic nitrogens is 2. The molecule has 0 unspecified atom stereocenters. The molecular weight excluding hydrogens is 332 g/mol. The van der Waals surface area contributed by atoms with E-state index < -0.39 is 0 Å². The molecule has 7 nitrogen and oxygen atoms in total. The Morgan fingerprint density at radius 1 is 1.12 bits per heavy atom. The maximum absolute atomic E-state index is 12.4. The predicted octanol–water partition coefficient (Wildman–Crippen LogP) is 1.81. The zero-order chi connectivity index (χ0) is 18.5. The number of methoxy groups -OCH3 is 2. The Balaban J connectivity index is 1.77. The number of rotatable bonds is 6. The number of para-hydroxylation sites is 2. The van der Waals surface area contributed by atoms with Gasteiger partial charge in [0.15, 0.2) is 0 Å². The minimum atomic E-state index is -0.0725. The molecule has 1 N–H and O–H groups in total. The SMILES string of the molecule is CCc1c(COC)nc(N2CCN(c3ccccc3OC)CC2)[nH]c1=O. The molecule has 140 valence electrons. The van der Waals surface area contributed by atoms with Gasteiger partial charge < -0.3 is 19.3 Å². The van der Waals surface area contributed by atoms with Gasteiger partial charge in [-0.1, -0.05) is 19.1 Å². The Morgan fingerprint density at radius 2 is 1.81 bits per heavy atom. The van der Waals surface area contributed by atoms with Crippen LogP contribution in [0.15, 0.2) is 29.1 Å². The number of ether oxygens (including phenoxy) is 2. The van der Waals surface area contributed by atoms with Crippen molar-refractivity contribution >= 4 is 11.6 Å². The second-order valence-corrected chi connectivity index (χ2v) is 6.25. The summed E-state index contributed by atoms with van der Waals surface area (Å²) in [6.07, 6.45) is 0.642. The first kappa shape index (κ1) is 18.3. The van der Waals surface area contributed by atoms with Gasteiger partial charge in [-0.15, -0.1) is 0 Å². The molecule has 1 aromatic carbocycles. The van der Waals surface area contributed by atoms with Gasteiger partial charge in [-0.25, -0.2) is 4.98 Å². The van der Waals surface area contributed by atoms with Crippen LogP contribution >= 0.6 is 0 Å². The molecule has 26 heavy (non-hydrogen) atoms. The summed E-state index contributed by atoms with van der Waals surface area (Å²) in [5, 5.41) is 0. The topological polar surface area (TPSA) is 70.7 Å². The molecule has 1 aliphatic rings. The molecule has 0 spiro atoms. The van der Waals surface area contributed by atoms with Gasteiger partial charge in [0.25, 0.3) is 5.56 Å². The van der Waals surface area contributed by atoms with Gasteiger partial charge in [0, 0.05) is 38.9 Å². The van der Waals surface area contributed by atoms with Crippen molar-refractivity contribution in [3.63, 3.8) is 0 Å². The molecule has 0 radical (unpaired) electrons. The van der Waals surface area contributed by atoms with E-state index >= 15 is 0 Å². The molecule has 0 atom stereocenters. The summed E-state index contributed by atoms with van der Waals surface area (Å²) < 4.78 is 10.7.